The smallest absolute Gasteiger partial charge is 0.157 e. The molecule has 0 spiro atoms. The minimum Gasteiger partial charge on any atom is -0.383 e. The molecule has 5 heteroatoms. The summed E-state index contributed by atoms with van der Waals surface area (Å²) in [5, 5.41) is 15.0. The fourth-order valence-corrected chi connectivity index (χ4v) is 3.06. The van der Waals surface area contributed by atoms with Crippen LogP contribution in [0, 0.1) is 0 Å². The summed E-state index contributed by atoms with van der Waals surface area (Å²) in [5.41, 5.74) is -0.168. The lowest BCUT2D eigenvalue weighted by molar-refractivity contribution is -0.0126. The van der Waals surface area contributed by atoms with Gasteiger partial charge in [0, 0.05) is 6.54 Å². The summed E-state index contributed by atoms with van der Waals surface area (Å²) in [6.45, 7) is 2.92. The molecule has 0 bridgehead atoms. The van der Waals surface area contributed by atoms with Gasteiger partial charge in [-0.25, -0.2) is 9.67 Å². The Labute approximate surface area is 109 Å². The van der Waals surface area contributed by atoms with Crippen LogP contribution in [0.3, 0.4) is 0 Å². The second-order valence-electron chi connectivity index (χ2n) is 5.45. The Kier molecular flexibility index (Phi) is 4.02. The van der Waals surface area contributed by atoms with E-state index in [1.54, 1.807) is 6.33 Å². The summed E-state index contributed by atoms with van der Waals surface area (Å²) in [5.74, 6) is 0.715. The van der Waals surface area contributed by atoms with Crippen molar-refractivity contribution in [1.29, 1.82) is 0 Å². The molecule has 2 rings (SSSR count). The van der Waals surface area contributed by atoms with Crippen molar-refractivity contribution in [2.75, 3.05) is 14.1 Å². The highest BCUT2D eigenvalue weighted by Crippen LogP contribution is 2.42. The maximum Gasteiger partial charge on any atom is 0.157 e. The maximum absolute atomic E-state index is 10.8. The van der Waals surface area contributed by atoms with Gasteiger partial charge in [-0.2, -0.15) is 5.10 Å². The Balaban J connectivity index is 2.28. The molecule has 0 amide bonds. The zero-order chi connectivity index (χ0) is 13.2. The van der Waals surface area contributed by atoms with Crippen molar-refractivity contribution in [2.24, 2.45) is 0 Å². The molecule has 0 aromatic carbocycles. The Hall–Kier alpha value is -0.940. The monoisotopic (exact) mass is 252 g/mol. The molecule has 0 radical (unpaired) electrons. The van der Waals surface area contributed by atoms with Gasteiger partial charge in [-0.1, -0.05) is 19.8 Å². The third kappa shape index (κ3) is 2.17. The minimum absolute atomic E-state index is 0.168. The first kappa shape index (κ1) is 13.5. The van der Waals surface area contributed by atoms with E-state index in [-0.39, 0.29) is 5.54 Å². The lowest BCUT2D eigenvalue weighted by atomic mass is 9.88. The standard InChI is InChI=1S/C13H24N4O/c1-4-9-17-12(14-10-15-17)11(18)13(16(2)3)7-5-6-8-13/h10-11,18H,4-9H2,1-3H3. The van der Waals surface area contributed by atoms with E-state index < -0.39 is 6.10 Å². The van der Waals surface area contributed by atoms with Gasteiger partial charge in [0.05, 0.1) is 5.54 Å². The van der Waals surface area contributed by atoms with Crippen LogP contribution >= 0.6 is 0 Å². The van der Waals surface area contributed by atoms with Crippen LogP contribution in [0.25, 0.3) is 0 Å². The summed E-state index contributed by atoms with van der Waals surface area (Å²) in [6, 6.07) is 0. The maximum atomic E-state index is 10.8. The van der Waals surface area contributed by atoms with Crippen molar-refractivity contribution in [2.45, 2.75) is 57.2 Å². The van der Waals surface area contributed by atoms with Gasteiger partial charge < -0.3 is 10.0 Å². The predicted octanol–water partition coefficient (Wildman–Crippen LogP) is 1.60. The summed E-state index contributed by atoms with van der Waals surface area (Å²) >= 11 is 0. The van der Waals surface area contributed by atoms with Crippen LogP contribution in [-0.2, 0) is 6.54 Å². The van der Waals surface area contributed by atoms with Gasteiger partial charge in [0.2, 0.25) is 0 Å². The molecule has 1 aromatic heterocycles. The van der Waals surface area contributed by atoms with Gasteiger partial charge in [-0.05, 0) is 33.4 Å². The van der Waals surface area contributed by atoms with Crippen molar-refractivity contribution in [3.05, 3.63) is 12.2 Å². The van der Waals surface area contributed by atoms with Gasteiger partial charge >= 0.3 is 0 Å². The van der Waals surface area contributed by atoms with E-state index in [9.17, 15) is 5.11 Å². The molecule has 1 aromatic rings. The second kappa shape index (κ2) is 5.36. The van der Waals surface area contributed by atoms with Crippen molar-refractivity contribution < 1.29 is 5.11 Å². The van der Waals surface area contributed by atoms with Crippen LogP contribution in [-0.4, -0.2) is 44.4 Å². The quantitative estimate of drug-likeness (QED) is 0.864. The largest absolute Gasteiger partial charge is 0.383 e. The van der Waals surface area contributed by atoms with Gasteiger partial charge in [-0.3, -0.25) is 0 Å². The first-order chi connectivity index (χ1) is 8.62. The highest BCUT2D eigenvalue weighted by molar-refractivity contribution is 5.07. The molecule has 1 atom stereocenters. The van der Waals surface area contributed by atoms with E-state index in [2.05, 4.69) is 36.0 Å². The molecule has 0 aliphatic heterocycles. The molecule has 102 valence electrons. The molecule has 1 saturated carbocycles. The van der Waals surface area contributed by atoms with Crippen LogP contribution in [0.4, 0.5) is 0 Å². The predicted molar refractivity (Wildman–Crippen MR) is 70.2 cm³/mol. The summed E-state index contributed by atoms with van der Waals surface area (Å²) in [6.07, 6.45) is 6.41. The fraction of sp³-hybridized carbons (Fsp3) is 0.846. The first-order valence-electron chi connectivity index (χ1n) is 6.85. The number of aryl methyl sites for hydroxylation is 1. The SMILES string of the molecule is CCCn1ncnc1C(O)C1(N(C)C)CCCC1. The van der Waals surface area contributed by atoms with Gasteiger partial charge in [0.25, 0.3) is 0 Å². The summed E-state index contributed by atoms with van der Waals surface area (Å²) in [4.78, 5) is 6.44. The third-order valence-corrected chi connectivity index (χ3v) is 4.19. The Morgan fingerprint density at radius 1 is 1.44 bits per heavy atom. The molecule has 18 heavy (non-hydrogen) atoms. The molecule has 1 unspecified atom stereocenters. The Bertz CT molecular complexity index is 382. The lowest BCUT2D eigenvalue weighted by Gasteiger charge is -2.40. The highest BCUT2D eigenvalue weighted by atomic mass is 16.3. The average molecular weight is 252 g/mol. The molecular formula is C13H24N4O. The van der Waals surface area contributed by atoms with E-state index in [4.69, 9.17) is 0 Å². The van der Waals surface area contributed by atoms with Crippen LogP contribution in [0.1, 0.15) is 51.0 Å². The van der Waals surface area contributed by atoms with Crippen molar-refractivity contribution in [1.82, 2.24) is 19.7 Å². The van der Waals surface area contributed by atoms with E-state index in [0.717, 1.165) is 25.8 Å². The molecule has 5 nitrogen and oxygen atoms in total. The van der Waals surface area contributed by atoms with Gasteiger partial charge in [0.1, 0.15) is 12.4 Å². The number of likely N-dealkylation sites (N-methyl/N-ethyl adjacent to an activating group) is 1. The average Bonchev–Trinajstić information content (AvgIpc) is 2.97. The van der Waals surface area contributed by atoms with Crippen molar-refractivity contribution in [3.63, 3.8) is 0 Å². The summed E-state index contributed by atoms with van der Waals surface area (Å²) in [7, 11) is 4.10. The Morgan fingerprint density at radius 2 is 2.11 bits per heavy atom. The Morgan fingerprint density at radius 3 is 2.67 bits per heavy atom. The number of aliphatic hydroxyl groups excluding tert-OH is 1. The fourth-order valence-electron chi connectivity index (χ4n) is 3.06. The molecular weight excluding hydrogens is 228 g/mol. The zero-order valence-electron chi connectivity index (χ0n) is 11.6. The molecule has 1 fully saturated rings. The number of hydrogen-bond donors (Lipinski definition) is 1. The normalized spacial score (nSPS) is 20.5. The van der Waals surface area contributed by atoms with Crippen LogP contribution in [0.5, 0.6) is 0 Å². The van der Waals surface area contributed by atoms with Crippen LogP contribution in [0.2, 0.25) is 0 Å². The number of hydrogen-bond acceptors (Lipinski definition) is 4. The number of rotatable bonds is 5. The number of nitrogens with zero attached hydrogens (tertiary/aromatic N) is 4. The van der Waals surface area contributed by atoms with E-state index in [1.165, 1.54) is 12.8 Å². The van der Waals surface area contributed by atoms with E-state index in [1.807, 2.05) is 4.68 Å². The van der Waals surface area contributed by atoms with Crippen molar-refractivity contribution >= 4 is 0 Å². The second-order valence-corrected chi connectivity index (χ2v) is 5.45. The molecule has 1 aliphatic carbocycles. The van der Waals surface area contributed by atoms with Crippen molar-refractivity contribution in [3.8, 4) is 0 Å². The minimum atomic E-state index is -0.552. The molecule has 1 aliphatic rings. The zero-order valence-corrected chi connectivity index (χ0v) is 11.6. The lowest BCUT2D eigenvalue weighted by Crippen LogP contribution is -2.47. The third-order valence-electron chi connectivity index (χ3n) is 4.19. The number of aromatic nitrogens is 3. The molecule has 1 heterocycles. The van der Waals surface area contributed by atoms with Crippen LogP contribution < -0.4 is 0 Å². The number of aliphatic hydroxyl groups is 1. The summed E-state index contributed by atoms with van der Waals surface area (Å²) < 4.78 is 1.84. The van der Waals surface area contributed by atoms with E-state index >= 15 is 0 Å². The van der Waals surface area contributed by atoms with Gasteiger partial charge in [0.15, 0.2) is 5.82 Å². The van der Waals surface area contributed by atoms with Gasteiger partial charge in [-0.15, -0.1) is 0 Å². The molecule has 0 saturated heterocycles. The highest BCUT2D eigenvalue weighted by Gasteiger charge is 2.45. The van der Waals surface area contributed by atoms with Crippen LogP contribution in [0.15, 0.2) is 6.33 Å². The molecule has 1 N–H and O–H groups in total. The first-order valence-corrected chi connectivity index (χ1v) is 6.85. The topological polar surface area (TPSA) is 54.2 Å². The van der Waals surface area contributed by atoms with E-state index in [0.29, 0.717) is 5.82 Å².